The second-order valence-corrected chi connectivity index (χ2v) is 6.37. The van der Waals surface area contributed by atoms with Gasteiger partial charge in [0.25, 0.3) is 5.56 Å². The van der Waals surface area contributed by atoms with Gasteiger partial charge < -0.3 is 10.1 Å². The van der Waals surface area contributed by atoms with Crippen molar-refractivity contribution in [3.63, 3.8) is 0 Å². The maximum atomic E-state index is 12.7. The fourth-order valence-electron chi connectivity index (χ4n) is 2.55. The molecule has 0 unspecified atom stereocenters. The molecule has 1 aromatic heterocycles. The van der Waals surface area contributed by atoms with E-state index in [4.69, 9.17) is 4.74 Å². The van der Waals surface area contributed by atoms with Crippen molar-refractivity contribution in [3.05, 3.63) is 34.6 Å². The summed E-state index contributed by atoms with van der Waals surface area (Å²) in [4.78, 5) is 42.1. The minimum Gasteiger partial charge on any atom is -0.383 e. The molecule has 0 radical (unpaired) electrons. The number of amides is 3. The van der Waals surface area contributed by atoms with Gasteiger partial charge in [0.15, 0.2) is 5.16 Å². The van der Waals surface area contributed by atoms with Crippen LogP contribution in [0.5, 0.6) is 0 Å². The number of carbonyl (C=O) groups excluding carboxylic acids is 2. The number of fused-ring (bicyclic) bond motifs is 1. The maximum Gasteiger partial charge on any atom is 0.324 e. The van der Waals surface area contributed by atoms with Gasteiger partial charge in [-0.15, -0.1) is 0 Å². The quantitative estimate of drug-likeness (QED) is 0.600. The van der Waals surface area contributed by atoms with E-state index in [1.165, 1.54) is 9.47 Å². The zero-order valence-corrected chi connectivity index (χ0v) is 14.5. The normalized spacial score (nSPS) is 14.1. The molecule has 1 aliphatic rings. The van der Waals surface area contributed by atoms with Crippen LogP contribution in [-0.2, 0) is 16.1 Å². The smallest absolute Gasteiger partial charge is 0.324 e. The fourth-order valence-corrected chi connectivity index (χ4v) is 3.45. The number of ether oxygens (including phenoxy) is 1. The molecule has 25 heavy (non-hydrogen) atoms. The number of aromatic nitrogens is 2. The van der Waals surface area contributed by atoms with E-state index in [0.717, 1.165) is 11.8 Å². The summed E-state index contributed by atoms with van der Waals surface area (Å²) < 4.78 is 6.57. The van der Waals surface area contributed by atoms with Crippen LogP contribution in [0.4, 0.5) is 4.79 Å². The Balaban J connectivity index is 1.87. The Morgan fingerprint density at radius 1 is 1.36 bits per heavy atom. The van der Waals surface area contributed by atoms with E-state index in [2.05, 4.69) is 10.3 Å². The number of benzene rings is 1. The Morgan fingerprint density at radius 3 is 2.88 bits per heavy atom. The molecule has 3 amide bonds. The number of para-hydroxylation sites is 1. The van der Waals surface area contributed by atoms with Crippen LogP contribution in [0.25, 0.3) is 10.9 Å². The van der Waals surface area contributed by atoms with Crippen molar-refractivity contribution in [2.45, 2.75) is 11.7 Å². The molecule has 3 rings (SSSR count). The van der Waals surface area contributed by atoms with Gasteiger partial charge in [0, 0.05) is 20.2 Å². The second-order valence-electron chi connectivity index (χ2n) is 5.43. The molecule has 1 N–H and O–H groups in total. The van der Waals surface area contributed by atoms with E-state index in [-0.39, 0.29) is 23.3 Å². The Hall–Kier alpha value is -2.39. The molecule has 2 aromatic rings. The molecular formula is C16H18N4O4S. The standard InChI is InChI=1S/C16H18N4O4S/c1-24-9-8-20-14(22)11-4-2-3-5-12(11)18-16(20)25-10-13(21)19-7-6-17-15(19)23/h2-5H,6-10H2,1H3,(H,17,23). The minimum absolute atomic E-state index is 0.0329. The number of nitrogens with zero attached hydrogens (tertiary/aromatic N) is 3. The summed E-state index contributed by atoms with van der Waals surface area (Å²) in [6, 6.07) is 6.70. The lowest BCUT2D eigenvalue weighted by atomic mass is 10.2. The Labute approximate surface area is 148 Å². The topological polar surface area (TPSA) is 93.5 Å². The Bertz CT molecular complexity index is 867. The monoisotopic (exact) mass is 362 g/mol. The molecule has 1 fully saturated rings. The average Bonchev–Trinajstić information content (AvgIpc) is 3.05. The van der Waals surface area contributed by atoms with E-state index >= 15 is 0 Å². The van der Waals surface area contributed by atoms with Gasteiger partial charge in [0.2, 0.25) is 5.91 Å². The maximum absolute atomic E-state index is 12.7. The predicted octanol–water partition coefficient (Wildman–Crippen LogP) is 0.687. The van der Waals surface area contributed by atoms with Crippen molar-refractivity contribution in [3.8, 4) is 0 Å². The van der Waals surface area contributed by atoms with E-state index < -0.39 is 0 Å². The van der Waals surface area contributed by atoms with Crippen molar-refractivity contribution in [1.82, 2.24) is 19.8 Å². The van der Waals surface area contributed by atoms with Gasteiger partial charge in [-0.1, -0.05) is 23.9 Å². The molecule has 0 spiro atoms. The number of rotatable bonds is 6. The molecule has 9 heteroatoms. The van der Waals surface area contributed by atoms with Crippen LogP contribution in [0.2, 0.25) is 0 Å². The minimum atomic E-state index is -0.381. The van der Waals surface area contributed by atoms with Crippen LogP contribution >= 0.6 is 11.8 Å². The summed E-state index contributed by atoms with van der Waals surface area (Å²) in [5, 5.41) is 3.55. The van der Waals surface area contributed by atoms with E-state index in [1.54, 1.807) is 25.3 Å². The average molecular weight is 362 g/mol. The number of hydrogen-bond donors (Lipinski definition) is 1. The van der Waals surface area contributed by atoms with Crippen LogP contribution in [0.3, 0.4) is 0 Å². The lowest BCUT2D eigenvalue weighted by Crippen LogP contribution is -2.35. The number of carbonyl (C=O) groups is 2. The number of urea groups is 1. The first-order valence-corrected chi connectivity index (χ1v) is 8.80. The van der Waals surface area contributed by atoms with Gasteiger partial charge >= 0.3 is 6.03 Å². The van der Waals surface area contributed by atoms with Crippen LogP contribution in [-0.4, -0.2) is 58.9 Å². The van der Waals surface area contributed by atoms with E-state index in [0.29, 0.717) is 42.3 Å². The van der Waals surface area contributed by atoms with Gasteiger partial charge in [-0.3, -0.25) is 19.1 Å². The molecule has 1 aromatic carbocycles. The molecule has 0 aliphatic carbocycles. The first kappa shape index (κ1) is 17.4. The summed E-state index contributed by atoms with van der Waals surface area (Å²) in [5.74, 6) is -0.272. The number of nitrogens with one attached hydrogen (secondary N) is 1. The van der Waals surface area contributed by atoms with Crippen molar-refractivity contribution < 1.29 is 14.3 Å². The van der Waals surface area contributed by atoms with Gasteiger partial charge in [0.1, 0.15) is 0 Å². The van der Waals surface area contributed by atoms with Gasteiger partial charge in [0.05, 0.1) is 29.8 Å². The highest BCUT2D eigenvalue weighted by Crippen LogP contribution is 2.18. The Morgan fingerprint density at radius 2 is 2.16 bits per heavy atom. The number of methoxy groups -OCH3 is 1. The Kier molecular flexibility index (Phi) is 5.34. The molecule has 132 valence electrons. The first-order chi connectivity index (χ1) is 12.1. The van der Waals surface area contributed by atoms with Gasteiger partial charge in [-0.25, -0.2) is 9.78 Å². The molecule has 0 bridgehead atoms. The largest absolute Gasteiger partial charge is 0.383 e. The van der Waals surface area contributed by atoms with Crippen molar-refractivity contribution in [1.29, 1.82) is 0 Å². The zero-order valence-electron chi connectivity index (χ0n) is 13.7. The molecule has 1 aliphatic heterocycles. The number of thioether (sulfide) groups is 1. The lowest BCUT2D eigenvalue weighted by Gasteiger charge is -2.14. The van der Waals surface area contributed by atoms with Crippen LogP contribution in [0.15, 0.2) is 34.2 Å². The summed E-state index contributed by atoms with van der Waals surface area (Å²) in [7, 11) is 1.56. The van der Waals surface area contributed by atoms with E-state index in [1.807, 2.05) is 6.07 Å². The van der Waals surface area contributed by atoms with Crippen LogP contribution < -0.4 is 10.9 Å². The number of hydrogen-bond acceptors (Lipinski definition) is 6. The molecular weight excluding hydrogens is 344 g/mol. The molecule has 0 atom stereocenters. The highest BCUT2D eigenvalue weighted by Gasteiger charge is 2.26. The third-order valence-electron chi connectivity index (χ3n) is 3.83. The van der Waals surface area contributed by atoms with Gasteiger partial charge in [-0.05, 0) is 12.1 Å². The van der Waals surface area contributed by atoms with Crippen molar-refractivity contribution in [2.24, 2.45) is 0 Å². The third kappa shape index (κ3) is 3.67. The summed E-state index contributed by atoms with van der Waals surface area (Å²) >= 11 is 1.15. The van der Waals surface area contributed by atoms with E-state index in [9.17, 15) is 14.4 Å². The molecule has 0 saturated carbocycles. The first-order valence-electron chi connectivity index (χ1n) is 7.81. The van der Waals surface area contributed by atoms with Gasteiger partial charge in [-0.2, -0.15) is 0 Å². The van der Waals surface area contributed by atoms with Crippen molar-refractivity contribution in [2.75, 3.05) is 32.6 Å². The molecule has 1 saturated heterocycles. The molecule has 8 nitrogen and oxygen atoms in total. The summed E-state index contributed by atoms with van der Waals surface area (Å²) in [6.45, 7) is 1.52. The zero-order chi connectivity index (χ0) is 17.8. The third-order valence-corrected chi connectivity index (χ3v) is 4.79. The summed E-state index contributed by atoms with van der Waals surface area (Å²) in [5.41, 5.74) is 0.409. The highest BCUT2D eigenvalue weighted by molar-refractivity contribution is 7.99. The summed E-state index contributed by atoms with van der Waals surface area (Å²) in [6.07, 6.45) is 0. The second kappa shape index (κ2) is 7.66. The molecule has 2 heterocycles. The van der Waals surface area contributed by atoms with Crippen LogP contribution in [0, 0.1) is 0 Å². The predicted molar refractivity (Wildman–Crippen MR) is 93.7 cm³/mol. The SMILES string of the molecule is COCCn1c(SCC(=O)N2CCNC2=O)nc2ccccc2c1=O. The lowest BCUT2D eigenvalue weighted by molar-refractivity contribution is -0.124. The van der Waals surface area contributed by atoms with Crippen molar-refractivity contribution >= 4 is 34.6 Å². The van der Waals surface area contributed by atoms with Crippen LogP contribution in [0.1, 0.15) is 0 Å². The highest BCUT2D eigenvalue weighted by atomic mass is 32.2. The fraction of sp³-hybridized carbons (Fsp3) is 0.375. The number of imide groups is 1.